The second-order valence-electron chi connectivity index (χ2n) is 15.6. The van der Waals surface area contributed by atoms with Gasteiger partial charge in [0.1, 0.15) is 5.75 Å². The molecule has 7 heteroatoms. The van der Waals surface area contributed by atoms with E-state index in [4.69, 9.17) is 9.47 Å². The van der Waals surface area contributed by atoms with Gasteiger partial charge in [0.2, 0.25) is 5.91 Å². The summed E-state index contributed by atoms with van der Waals surface area (Å²) < 4.78 is 14.2. The number of ether oxygens (including phenoxy) is 2. The van der Waals surface area contributed by atoms with E-state index < -0.39 is 5.41 Å². The van der Waals surface area contributed by atoms with Crippen molar-refractivity contribution in [2.75, 3.05) is 39.5 Å². The number of morpholine rings is 1. The van der Waals surface area contributed by atoms with Crippen molar-refractivity contribution >= 4 is 11.8 Å². The van der Waals surface area contributed by atoms with Crippen molar-refractivity contribution in [3.63, 3.8) is 0 Å². The highest BCUT2D eigenvalue weighted by molar-refractivity contribution is 5.97. The Morgan fingerprint density at radius 3 is 2.32 bits per heavy atom. The van der Waals surface area contributed by atoms with Gasteiger partial charge in [0.25, 0.3) is 5.91 Å². The highest BCUT2D eigenvalue weighted by atomic mass is 16.5. The van der Waals surface area contributed by atoms with Crippen LogP contribution in [-0.2, 0) is 26.9 Å². The average molecular weight is 604 g/mol. The highest BCUT2D eigenvalue weighted by Crippen LogP contribution is 2.58. The summed E-state index contributed by atoms with van der Waals surface area (Å²) in [5, 5.41) is 3.15. The maximum Gasteiger partial charge on any atom is 0.253 e. The normalized spacial score (nSPS) is 20.3. The summed E-state index contributed by atoms with van der Waals surface area (Å²) in [5.41, 5.74) is 6.12. The first-order valence-corrected chi connectivity index (χ1v) is 17.1. The molecule has 6 rings (SSSR count). The molecule has 3 heterocycles. The summed E-state index contributed by atoms with van der Waals surface area (Å²) in [7, 11) is 0. The molecular weight excluding hydrogens is 550 g/mol. The molecule has 7 nitrogen and oxygen atoms in total. The predicted molar refractivity (Wildman–Crippen MR) is 174 cm³/mol. The molecule has 1 aromatic carbocycles. The first-order valence-electron chi connectivity index (χ1n) is 17.1. The lowest BCUT2D eigenvalue weighted by Gasteiger charge is -2.34. The van der Waals surface area contributed by atoms with Crippen LogP contribution < -0.4 is 10.1 Å². The van der Waals surface area contributed by atoms with Gasteiger partial charge in [-0.1, -0.05) is 40.0 Å². The maximum absolute atomic E-state index is 13.9. The second-order valence-corrected chi connectivity index (χ2v) is 15.6. The van der Waals surface area contributed by atoms with Gasteiger partial charge < -0.3 is 24.3 Å². The van der Waals surface area contributed by atoms with Gasteiger partial charge in [-0.2, -0.15) is 0 Å². The van der Waals surface area contributed by atoms with Crippen LogP contribution in [-0.4, -0.2) is 60.7 Å². The summed E-state index contributed by atoms with van der Waals surface area (Å²) in [6.07, 6.45) is 9.91. The molecule has 4 aliphatic rings. The third kappa shape index (κ3) is 6.05. The highest BCUT2D eigenvalue weighted by Gasteiger charge is 2.49. The number of carbonyl (C=O) groups excluding carboxylic acids is 2. The van der Waals surface area contributed by atoms with Gasteiger partial charge in [-0.3, -0.25) is 9.59 Å². The smallest absolute Gasteiger partial charge is 0.253 e. The van der Waals surface area contributed by atoms with E-state index in [2.05, 4.69) is 55.8 Å². The zero-order chi connectivity index (χ0) is 31.3. The van der Waals surface area contributed by atoms with Gasteiger partial charge >= 0.3 is 0 Å². The van der Waals surface area contributed by atoms with Crippen LogP contribution in [0.4, 0.5) is 0 Å². The van der Waals surface area contributed by atoms with Crippen molar-refractivity contribution in [1.29, 1.82) is 0 Å². The molecule has 1 aromatic heterocycles. The first-order chi connectivity index (χ1) is 20.9. The van der Waals surface area contributed by atoms with Crippen LogP contribution in [0.15, 0.2) is 18.2 Å². The number of fused-ring (bicyclic) bond motifs is 2. The molecule has 0 atom stereocenters. The van der Waals surface area contributed by atoms with E-state index in [0.29, 0.717) is 37.8 Å². The van der Waals surface area contributed by atoms with Crippen LogP contribution in [0.25, 0.3) is 11.3 Å². The number of hydrogen-bond acceptors (Lipinski definition) is 4. The van der Waals surface area contributed by atoms with Crippen molar-refractivity contribution in [3.8, 4) is 17.0 Å². The third-order valence-electron chi connectivity index (χ3n) is 10.8. The van der Waals surface area contributed by atoms with E-state index in [9.17, 15) is 9.59 Å². The molecule has 2 saturated carbocycles. The van der Waals surface area contributed by atoms with Crippen molar-refractivity contribution in [2.45, 2.75) is 110 Å². The standard InChI is InChI=1S/C37H53N3O4/c1-25-28(33(41)38-24-36(5,6)34(42)39-15-18-43-19-16-39)22-31(40(25)23-26-10-8-7-9-11-26)27-20-29(35(2,3)4)32-30(21-27)37(12-13-37)14-17-44-32/h20-22,26H,7-19,23-24H2,1-6H3,(H,38,41). The van der Waals surface area contributed by atoms with Crippen LogP contribution in [0.1, 0.15) is 113 Å². The van der Waals surface area contributed by atoms with Gasteiger partial charge in [-0.05, 0) is 88.0 Å². The zero-order valence-electron chi connectivity index (χ0n) is 27.9. The lowest BCUT2D eigenvalue weighted by molar-refractivity contribution is -0.144. The molecule has 2 aliphatic carbocycles. The molecule has 1 N–H and O–H groups in total. The van der Waals surface area contributed by atoms with Gasteiger partial charge in [0, 0.05) is 54.1 Å². The number of nitrogens with zero attached hydrogens (tertiary/aromatic N) is 2. The first kappa shape index (κ1) is 31.2. The van der Waals surface area contributed by atoms with Crippen LogP contribution in [0.3, 0.4) is 0 Å². The Morgan fingerprint density at radius 2 is 1.66 bits per heavy atom. The van der Waals surface area contributed by atoms with Crippen LogP contribution in [0.5, 0.6) is 5.75 Å². The Labute approximate surface area is 264 Å². The fourth-order valence-electron chi connectivity index (χ4n) is 7.68. The number of amides is 2. The summed E-state index contributed by atoms with van der Waals surface area (Å²) >= 11 is 0. The molecule has 44 heavy (non-hydrogen) atoms. The van der Waals surface area contributed by atoms with Crippen molar-refractivity contribution in [2.24, 2.45) is 11.3 Å². The van der Waals surface area contributed by atoms with E-state index in [0.717, 1.165) is 36.7 Å². The molecule has 1 spiro atoms. The molecule has 0 radical (unpaired) electrons. The zero-order valence-corrected chi connectivity index (χ0v) is 27.9. The van der Waals surface area contributed by atoms with E-state index >= 15 is 0 Å². The van der Waals surface area contributed by atoms with E-state index in [1.165, 1.54) is 61.6 Å². The fraction of sp³-hybridized carbons (Fsp3) is 0.676. The van der Waals surface area contributed by atoms with Crippen molar-refractivity contribution < 1.29 is 19.1 Å². The van der Waals surface area contributed by atoms with Gasteiger partial charge in [0.15, 0.2) is 0 Å². The summed E-state index contributed by atoms with van der Waals surface area (Å²) in [4.78, 5) is 29.0. The average Bonchev–Trinajstić information content (AvgIpc) is 3.71. The monoisotopic (exact) mass is 603 g/mol. The number of aromatic nitrogens is 1. The Balaban J connectivity index is 1.35. The molecular formula is C37H53N3O4. The Bertz CT molecular complexity index is 1380. The second kappa shape index (κ2) is 11.9. The van der Waals surface area contributed by atoms with Crippen LogP contribution >= 0.6 is 0 Å². The maximum atomic E-state index is 13.9. The van der Waals surface area contributed by atoms with E-state index in [-0.39, 0.29) is 29.2 Å². The van der Waals surface area contributed by atoms with Gasteiger partial charge in [-0.25, -0.2) is 0 Å². The lowest BCUT2D eigenvalue weighted by Crippen LogP contribution is -2.50. The molecule has 0 bridgehead atoms. The number of nitrogens with one attached hydrogen (secondary N) is 1. The summed E-state index contributed by atoms with van der Waals surface area (Å²) in [6, 6.07) is 6.83. The van der Waals surface area contributed by atoms with E-state index in [1.807, 2.05) is 18.7 Å². The van der Waals surface area contributed by atoms with Crippen molar-refractivity contribution in [3.05, 3.63) is 40.6 Å². The molecule has 2 amide bonds. The molecule has 0 unspecified atom stereocenters. The molecule has 240 valence electrons. The third-order valence-corrected chi connectivity index (χ3v) is 10.8. The predicted octanol–water partition coefficient (Wildman–Crippen LogP) is 6.77. The largest absolute Gasteiger partial charge is 0.493 e. The Morgan fingerprint density at radius 1 is 0.955 bits per heavy atom. The molecule has 2 aliphatic heterocycles. The van der Waals surface area contributed by atoms with Gasteiger partial charge in [0.05, 0.1) is 30.8 Å². The molecule has 1 saturated heterocycles. The number of benzene rings is 1. The van der Waals surface area contributed by atoms with E-state index in [1.54, 1.807) is 0 Å². The molecule has 2 aromatic rings. The Hall–Kier alpha value is -2.80. The van der Waals surface area contributed by atoms with Gasteiger partial charge in [-0.15, -0.1) is 0 Å². The summed E-state index contributed by atoms with van der Waals surface area (Å²) in [6.45, 7) is 17.1. The fourth-order valence-corrected chi connectivity index (χ4v) is 7.68. The summed E-state index contributed by atoms with van der Waals surface area (Å²) in [5.74, 6) is 1.67. The SMILES string of the molecule is Cc1c(C(=O)NCC(C)(C)C(=O)N2CCOCC2)cc(-c2cc(C(C)(C)C)c3c(c2)C2(CCO3)CC2)n1CC1CCCCC1. The lowest BCUT2D eigenvalue weighted by atomic mass is 9.79. The number of rotatable bonds is 7. The Kier molecular flexibility index (Phi) is 8.40. The minimum atomic E-state index is -0.701. The number of hydrogen-bond donors (Lipinski definition) is 1. The van der Waals surface area contributed by atoms with Crippen LogP contribution in [0, 0.1) is 18.3 Å². The minimum Gasteiger partial charge on any atom is -0.493 e. The van der Waals surface area contributed by atoms with Crippen LogP contribution in [0.2, 0.25) is 0 Å². The quantitative estimate of drug-likeness (QED) is 0.379. The topological polar surface area (TPSA) is 72.8 Å². The van der Waals surface area contributed by atoms with Crippen molar-refractivity contribution in [1.82, 2.24) is 14.8 Å². The number of carbonyl (C=O) groups is 2. The minimum absolute atomic E-state index is 0.0633. The molecule has 3 fully saturated rings.